The zero-order valence-corrected chi connectivity index (χ0v) is 15.1. The van der Waals surface area contributed by atoms with Crippen LogP contribution in [0.4, 0.5) is 8.78 Å². The first-order chi connectivity index (χ1) is 12.2. The number of halogens is 2. The number of aromatic amines is 1. The van der Waals surface area contributed by atoms with Crippen LogP contribution in [0.1, 0.15) is 6.42 Å². The third-order valence-corrected chi connectivity index (χ3v) is 7.75. The van der Waals surface area contributed by atoms with E-state index in [1.165, 1.54) is 6.33 Å². The van der Waals surface area contributed by atoms with Gasteiger partial charge in [-0.2, -0.15) is 8.61 Å². The number of rotatable bonds is 4. The molecule has 1 fully saturated rings. The molecule has 0 aliphatic carbocycles. The third-order valence-electron chi connectivity index (χ3n) is 4.02. The monoisotopic (exact) mass is 406 g/mol. The molecule has 1 aromatic carbocycles. The average Bonchev–Trinajstić information content (AvgIpc) is 3.01. The van der Waals surface area contributed by atoms with Gasteiger partial charge in [0.05, 0.1) is 12.5 Å². The van der Waals surface area contributed by atoms with Crippen LogP contribution >= 0.6 is 0 Å². The molecule has 8 nitrogen and oxygen atoms in total. The van der Waals surface area contributed by atoms with Crippen molar-refractivity contribution in [2.45, 2.75) is 16.3 Å². The Bertz CT molecular complexity index is 994. The van der Waals surface area contributed by atoms with Gasteiger partial charge in [-0.25, -0.2) is 30.6 Å². The summed E-state index contributed by atoms with van der Waals surface area (Å²) in [7, 11) is -8.12. The highest BCUT2D eigenvalue weighted by atomic mass is 32.2. The van der Waals surface area contributed by atoms with Gasteiger partial charge in [0.15, 0.2) is 5.03 Å². The summed E-state index contributed by atoms with van der Waals surface area (Å²) in [6.45, 7) is -0.199. The Kier molecular flexibility index (Phi) is 5.10. The summed E-state index contributed by atoms with van der Waals surface area (Å²) in [5.74, 6) is -1.93. The van der Waals surface area contributed by atoms with Crippen LogP contribution in [0.3, 0.4) is 0 Å². The van der Waals surface area contributed by atoms with E-state index in [2.05, 4.69) is 9.97 Å². The minimum atomic E-state index is -4.28. The summed E-state index contributed by atoms with van der Waals surface area (Å²) in [5, 5.41) is -0.0926. The van der Waals surface area contributed by atoms with E-state index in [0.29, 0.717) is 6.07 Å². The van der Waals surface area contributed by atoms with Crippen LogP contribution in [0.5, 0.6) is 0 Å². The van der Waals surface area contributed by atoms with Crippen LogP contribution in [-0.4, -0.2) is 61.6 Å². The number of sulfonamides is 2. The van der Waals surface area contributed by atoms with Gasteiger partial charge in [-0.3, -0.25) is 0 Å². The van der Waals surface area contributed by atoms with Crippen molar-refractivity contribution in [3.8, 4) is 0 Å². The third kappa shape index (κ3) is 3.49. The van der Waals surface area contributed by atoms with Crippen molar-refractivity contribution in [3.63, 3.8) is 0 Å². The smallest absolute Gasteiger partial charge is 0.260 e. The average molecular weight is 406 g/mol. The Morgan fingerprint density at radius 2 is 1.62 bits per heavy atom. The number of nitrogens with zero attached hydrogens (tertiary/aromatic N) is 3. The predicted octanol–water partition coefficient (Wildman–Crippen LogP) is 0.773. The lowest BCUT2D eigenvalue weighted by molar-refractivity contribution is 0.401. The minimum absolute atomic E-state index is 0.00666. The fraction of sp³-hybridized carbons (Fsp3) is 0.357. The van der Waals surface area contributed by atoms with Crippen molar-refractivity contribution in [2.75, 3.05) is 26.2 Å². The Hall–Kier alpha value is -1.89. The maximum absolute atomic E-state index is 13.9. The van der Waals surface area contributed by atoms with Crippen LogP contribution in [0.25, 0.3) is 0 Å². The molecule has 1 aliphatic rings. The summed E-state index contributed by atoms with van der Waals surface area (Å²) in [5.41, 5.74) is 0. The number of hydrogen-bond acceptors (Lipinski definition) is 5. The van der Waals surface area contributed by atoms with Gasteiger partial charge in [-0.05, 0) is 24.6 Å². The maximum Gasteiger partial charge on any atom is 0.260 e. The van der Waals surface area contributed by atoms with E-state index in [-0.39, 0.29) is 37.6 Å². The quantitative estimate of drug-likeness (QED) is 0.808. The Labute approximate surface area is 149 Å². The molecule has 0 bridgehead atoms. The molecule has 0 spiro atoms. The van der Waals surface area contributed by atoms with Gasteiger partial charge in [0.2, 0.25) is 10.0 Å². The second-order valence-electron chi connectivity index (χ2n) is 5.65. The molecule has 0 unspecified atom stereocenters. The van der Waals surface area contributed by atoms with Crippen LogP contribution in [-0.2, 0) is 20.0 Å². The normalized spacial score (nSPS) is 17.9. The van der Waals surface area contributed by atoms with E-state index >= 15 is 0 Å². The lowest BCUT2D eigenvalue weighted by Gasteiger charge is -2.21. The molecule has 0 atom stereocenters. The Morgan fingerprint density at radius 1 is 0.962 bits per heavy atom. The molecule has 1 N–H and O–H groups in total. The summed E-state index contributed by atoms with van der Waals surface area (Å²) >= 11 is 0. The van der Waals surface area contributed by atoms with E-state index in [1.807, 2.05) is 0 Å². The zero-order chi connectivity index (χ0) is 18.9. The van der Waals surface area contributed by atoms with Crippen molar-refractivity contribution in [1.82, 2.24) is 18.6 Å². The van der Waals surface area contributed by atoms with E-state index in [9.17, 15) is 25.6 Å². The number of hydrogen-bond donors (Lipinski definition) is 1. The van der Waals surface area contributed by atoms with Crippen LogP contribution in [0.15, 0.2) is 40.6 Å². The van der Waals surface area contributed by atoms with Gasteiger partial charge in [0, 0.05) is 26.2 Å². The molecule has 26 heavy (non-hydrogen) atoms. The van der Waals surface area contributed by atoms with E-state index in [0.717, 1.165) is 26.9 Å². The molecule has 2 aromatic rings. The van der Waals surface area contributed by atoms with E-state index in [1.54, 1.807) is 0 Å². The van der Waals surface area contributed by atoms with E-state index < -0.39 is 36.6 Å². The molecular formula is C14H16F2N4O4S2. The number of aromatic nitrogens is 2. The summed E-state index contributed by atoms with van der Waals surface area (Å²) in [4.78, 5) is 5.42. The van der Waals surface area contributed by atoms with Gasteiger partial charge >= 0.3 is 0 Å². The first kappa shape index (κ1) is 18.9. The van der Waals surface area contributed by atoms with Crippen molar-refractivity contribution in [2.24, 2.45) is 0 Å². The molecule has 1 saturated heterocycles. The second-order valence-corrected chi connectivity index (χ2v) is 9.47. The number of nitrogens with one attached hydrogen (secondary N) is 1. The molecule has 142 valence electrons. The van der Waals surface area contributed by atoms with Gasteiger partial charge in [0.25, 0.3) is 10.0 Å². The molecule has 0 saturated carbocycles. The van der Waals surface area contributed by atoms with Crippen LogP contribution in [0, 0.1) is 11.6 Å². The van der Waals surface area contributed by atoms with Crippen molar-refractivity contribution < 1.29 is 25.6 Å². The van der Waals surface area contributed by atoms with Crippen LogP contribution in [0.2, 0.25) is 0 Å². The maximum atomic E-state index is 13.9. The zero-order valence-electron chi connectivity index (χ0n) is 13.5. The lowest BCUT2D eigenvalue weighted by atomic mass is 10.3. The van der Waals surface area contributed by atoms with Gasteiger partial charge in [-0.1, -0.05) is 0 Å². The number of benzene rings is 1. The van der Waals surface area contributed by atoms with Gasteiger partial charge < -0.3 is 4.98 Å². The largest absolute Gasteiger partial charge is 0.335 e. The highest BCUT2D eigenvalue weighted by molar-refractivity contribution is 7.89. The molecule has 0 amide bonds. The van der Waals surface area contributed by atoms with Gasteiger partial charge in [0.1, 0.15) is 16.5 Å². The highest BCUT2D eigenvalue weighted by Gasteiger charge is 2.33. The molecule has 1 aliphatic heterocycles. The summed E-state index contributed by atoms with van der Waals surface area (Å²) in [6, 6.07) is 2.19. The van der Waals surface area contributed by atoms with Crippen molar-refractivity contribution >= 4 is 20.0 Å². The lowest BCUT2D eigenvalue weighted by Crippen LogP contribution is -2.37. The predicted molar refractivity (Wildman–Crippen MR) is 87.1 cm³/mol. The number of imidazole rings is 1. The molecule has 2 heterocycles. The highest BCUT2D eigenvalue weighted by Crippen LogP contribution is 2.23. The first-order valence-corrected chi connectivity index (χ1v) is 10.5. The van der Waals surface area contributed by atoms with Gasteiger partial charge in [-0.15, -0.1) is 0 Å². The Balaban J connectivity index is 1.83. The SMILES string of the molecule is O=S(=O)(c1cnc[nH]1)N1CCCN(S(=O)(=O)c2cc(F)ccc2F)CC1. The van der Waals surface area contributed by atoms with E-state index in [4.69, 9.17) is 0 Å². The van der Waals surface area contributed by atoms with Crippen LogP contribution < -0.4 is 0 Å². The topological polar surface area (TPSA) is 103 Å². The summed E-state index contributed by atoms with van der Waals surface area (Å²) in [6.07, 6.45) is 2.61. The molecular weight excluding hydrogens is 390 g/mol. The van der Waals surface area contributed by atoms with Crippen molar-refractivity contribution in [1.29, 1.82) is 0 Å². The second kappa shape index (κ2) is 7.02. The fourth-order valence-corrected chi connectivity index (χ4v) is 5.60. The molecule has 1 aromatic heterocycles. The Morgan fingerprint density at radius 3 is 2.23 bits per heavy atom. The standard InChI is InChI=1S/C14H16F2N4O4S2/c15-11-2-3-12(16)13(8-11)25(21,22)19-4-1-5-20(7-6-19)26(23,24)14-9-17-10-18-14/h2-3,8-10H,1,4-7H2,(H,17,18). The first-order valence-electron chi connectivity index (χ1n) is 7.66. The summed E-state index contributed by atoms with van der Waals surface area (Å²) < 4.78 is 79.6. The fourth-order valence-electron chi connectivity index (χ4n) is 2.69. The molecule has 12 heteroatoms. The minimum Gasteiger partial charge on any atom is -0.335 e. The number of H-pyrrole nitrogens is 1. The molecule has 0 radical (unpaired) electrons. The molecule has 3 rings (SSSR count). The van der Waals surface area contributed by atoms with Crippen molar-refractivity contribution in [3.05, 3.63) is 42.4 Å².